The first-order valence-electron chi connectivity index (χ1n) is 10.1. The van der Waals surface area contributed by atoms with Gasteiger partial charge in [-0.05, 0) is 41.8 Å². The number of benzene rings is 2. The number of carbonyl (C=O) groups is 1. The second-order valence-electron chi connectivity index (χ2n) is 8.83. The Labute approximate surface area is 175 Å². The second-order valence-corrected chi connectivity index (χ2v) is 13.8. The molecule has 1 saturated heterocycles. The second kappa shape index (κ2) is 8.09. The summed E-state index contributed by atoms with van der Waals surface area (Å²) in [6.45, 7) is 7.45. The Balaban J connectivity index is 1.52. The zero-order chi connectivity index (χ0) is 21.5. The summed E-state index contributed by atoms with van der Waals surface area (Å²) in [7, 11) is -2.18. The van der Waals surface area contributed by atoms with Crippen molar-refractivity contribution in [2.75, 3.05) is 25.1 Å². The Hall–Kier alpha value is -2.29. The number of hydrogen-bond acceptors (Lipinski definition) is 4. The van der Waals surface area contributed by atoms with Crippen molar-refractivity contribution in [1.29, 1.82) is 0 Å². The molecule has 2 heterocycles. The molecule has 2 aromatic carbocycles. The minimum absolute atomic E-state index is 0.0767. The number of ether oxygens (including phenoxy) is 2. The Morgan fingerprint density at radius 2 is 1.87 bits per heavy atom. The Bertz CT molecular complexity index is 950. The highest BCUT2D eigenvalue weighted by Crippen LogP contribution is 2.29. The van der Waals surface area contributed by atoms with E-state index in [1.165, 1.54) is 12.1 Å². The predicted molar refractivity (Wildman–Crippen MR) is 114 cm³/mol. The molecule has 1 amide bonds. The van der Waals surface area contributed by atoms with Gasteiger partial charge in [0.25, 0.3) is 0 Å². The van der Waals surface area contributed by atoms with Crippen LogP contribution in [0.15, 0.2) is 30.3 Å². The summed E-state index contributed by atoms with van der Waals surface area (Å²) in [5.74, 6) is -0.808. The first-order chi connectivity index (χ1) is 14.2. The van der Waals surface area contributed by atoms with Gasteiger partial charge in [0.05, 0.1) is 21.3 Å². The first kappa shape index (κ1) is 21.0. The molecule has 160 valence electrons. The number of amides is 1. The molecule has 5 nitrogen and oxygen atoms in total. The highest BCUT2D eigenvalue weighted by Gasteiger charge is 2.29. The number of fused-ring (bicyclic) bond motifs is 1. The number of carbonyl (C=O) groups excluding carboxylic acids is 1. The predicted octanol–water partition coefficient (Wildman–Crippen LogP) is 3.11. The molecule has 2 aliphatic heterocycles. The third kappa shape index (κ3) is 4.26. The summed E-state index contributed by atoms with van der Waals surface area (Å²) < 4.78 is 40.0. The molecule has 0 spiro atoms. The first-order valence-corrected chi connectivity index (χ1v) is 13.6. The van der Waals surface area contributed by atoms with Gasteiger partial charge in [0.2, 0.25) is 5.91 Å². The van der Waals surface area contributed by atoms with Crippen LogP contribution in [-0.2, 0) is 16.0 Å². The van der Waals surface area contributed by atoms with Crippen molar-refractivity contribution in [2.24, 2.45) is 0 Å². The molecule has 0 aromatic heterocycles. The lowest BCUT2D eigenvalue weighted by molar-refractivity contribution is -0.118. The van der Waals surface area contributed by atoms with Crippen LogP contribution in [0.2, 0.25) is 19.6 Å². The third-order valence-electron chi connectivity index (χ3n) is 5.40. The molecule has 8 heteroatoms. The quantitative estimate of drug-likeness (QED) is 0.713. The van der Waals surface area contributed by atoms with Gasteiger partial charge in [0.15, 0.2) is 0 Å². The van der Waals surface area contributed by atoms with Crippen LogP contribution >= 0.6 is 0 Å². The molecule has 2 N–H and O–H groups in total. The minimum atomic E-state index is -2.18. The van der Waals surface area contributed by atoms with Gasteiger partial charge in [-0.25, -0.2) is 8.78 Å². The maximum Gasteiger partial charge on any atom is 0.246 e. The largest absolute Gasteiger partial charge is 0.486 e. The highest BCUT2D eigenvalue weighted by molar-refractivity contribution is 6.88. The van der Waals surface area contributed by atoms with Gasteiger partial charge >= 0.3 is 0 Å². The van der Waals surface area contributed by atoms with Crippen molar-refractivity contribution in [3.8, 4) is 5.75 Å². The van der Waals surface area contributed by atoms with E-state index in [1.54, 1.807) is 0 Å². The van der Waals surface area contributed by atoms with E-state index < -0.39 is 25.8 Å². The van der Waals surface area contributed by atoms with Gasteiger partial charge in [-0.2, -0.15) is 0 Å². The normalized spacial score (nSPS) is 19.0. The van der Waals surface area contributed by atoms with E-state index in [0.717, 1.165) is 23.3 Å². The zero-order valence-electron chi connectivity index (χ0n) is 17.4. The van der Waals surface area contributed by atoms with Crippen LogP contribution in [0.4, 0.5) is 14.5 Å². The fourth-order valence-electron chi connectivity index (χ4n) is 3.90. The summed E-state index contributed by atoms with van der Waals surface area (Å²) >= 11 is 0. The Morgan fingerprint density at radius 3 is 2.47 bits per heavy atom. The summed E-state index contributed by atoms with van der Waals surface area (Å²) in [6, 6.07) is 7.48. The van der Waals surface area contributed by atoms with Crippen molar-refractivity contribution in [2.45, 2.75) is 38.2 Å². The van der Waals surface area contributed by atoms with Gasteiger partial charge in [0, 0.05) is 17.4 Å². The highest BCUT2D eigenvalue weighted by atomic mass is 28.3. The summed E-state index contributed by atoms with van der Waals surface area (Å²) in [5.41, 5.74) is 1.99. The van der Waals surface area contributed by atoms with Gasteiger partial charge in [-0.3, -0.25) is 4.79 Å². The van der Waals surface area contributed by atoms with Gasteiger partial charge in [-0.15, -0.1) is 0 Å². The molecule has 0 radical (unpaired) electrons. The molecule has 1 unspecified atom stereocenters. The molecule has 2 aromatic rings. The number of nitrogens with one attached hydrogen (secondary N) is 2. The average Bonchev–Trinajstić information content (AvgIpc) is 2.62. The van der Waals surface area contributed by atoms with Crippen molar-refractivity contribution in [1.82, 2.24) is 5.32 Å². The van der Waals surface area contributed by atoms with Crippen molar-refractivity contribution < 1.29 is 23.0 Å². The Kier molecular flexibility index (Phi) is 5.65. The fourth-order valence-corrected chi connectivity index (χ4v) is 5.48. The van der Waals surface area contributed by atoms with Crippen LogP contribution < -0.4 is 20.6 Å². The lowest BCUT2D eigenvalue weighted by Gasteiger charge is -2.29. The molecule has 2 aliphatic rings. The van der Waals surface area contributed by atoms with Crippen molar-refractivity contribution in [3.63, 3.8) is 0 Å². The monoisotopic (exact) mass is 432 g/mol. The maximum absolute atomic E-state index is 14.5. The lowest BCUT2D eigenvalue weighted by atomic mass is 9.93. The van der Waals surface area contributed by atoms with Gasteiger partial charge in [-0.1, -0.05) is 25.7 Å². The average molecular weight is 433 g/mol. The minimum Gasteiger partial charge on any atom is -0.486 e. The Morgan fingerprint density at radius 1 is 1.17 bits per heavy atom. The SMILES string of the molecule is C[Si](C)(C)c1c(F)cc(NC(=O)C2NCCc3cc(OC4COC4)ccc32)cc1F. The van der Waals surface area contributed by atoms with Gasteiger partial charge < -0.3 is 20.1 Å². The number of hydrogen-bond donors (Lipinski definition) is 2. The van der Waals surface area contributed by atoms with Crippen LogP contribution in [0.5, 0.6) is 5.75 Å². The molecule has 0 saturated carbocycles. The van der Waals surface area contributed by atoms with Gasteiger partial charge in [0.1, 0.15) is 29.5 Å². The molecule has 1 fully saturated rings. The topological polar surface area (TPSA) is 59.6 Å². The van der Waals surface area contributed by atoms with E-state index >= 15 is 0 Å². The third-order valence-corrected chi connectivity index (χ3v) is 7.38. The van der Waals surface area contributed by atoms with E-state index in [1.807, 2.05) is 37.8 Å². The molecular formula is C22H26F2N2O3Si. The summed E-state index contributed by atoms with van der Waals surface area (Å²) in [4.78, 5) is 12.9. The molecule has 1 atom stereocenters. The van der Waals surface area contributed by atoms with E-state index in [9.17, 15) is 13.6 Å². The standard InChI is InChI=1S/C22H26F2N2O3Si/c1-30(2,3)21-18(23)9-14(10-19(21)24)26-22(27)20-17-5-4-15(29-16-11-28-12-16)8-13(17)6-7-25-20/h4-5,8-10,16,20,25H,6-7,11-12H2,1-3H3,(H,26,27). The molecule has 4 rings (SSSR count). The van der Waals surface area contributed by atoms with Crippen molar-refractivity contribution in [3.05, 3.63) is 53.1 Å². The van der Waals surface area contributed by atoms with Crippen LogP contribution in [-0.4, -0.2) is 39.8 Å². The zero-order valence-corrected chi connectivity index (χ0v) is 18.4. The van der Waals surface area contributed by atoms with E-state index in [0.29, 0.717) is 19.8 Å². The molecular weight excluding hydrogens is 406 g/mol. The van der Waals surface area contributed by atoms with E-state index in [-0.39, 0.29) is 22.9 Å². The number of halogens is 2. The van der Waals surface area contributed by atoms with Crippen LogP contribution in [0.3, 0.4) is 0 Å². The maximum atomic E-state index is 14.5. The molecule has 0 bridgehead atoms. The van der Waals surface area contributed by atoms with Crippen LogP contribution in [0.25, 0.3) is 0 Å². The van der Waals surface area contributed by atoms with Crippen LogP contribution in [0, 0.1) is 11.6 Å². The summed E-state index contributed by atoms with van der Waals surface area (Å²) in [6.07, 6.45) is 0.846. The van der Waals surface area contributed by atoms with Crippen molar-refractivity contribution >= 4 is 24.9 Å². The molecule has 30 heavy (non-hydrogen) atoms. The lowest BCUT2D eigenvalue weighted by Crippen LogP contribution is -2.42. The molecule has 0 aliphatic carbocycles. The number of rotatable bonds is 5. The number of anilines is 1. The fraction of sp³-hybridized carbons (Fsp3) is 0.409. The summed E-state index contributed by atoms with van der Waals surface area (Å²) in [5, 5.41) is 6.00. The van der Waals surface area contributed by atoms with Crippen LogP contribution in [0.1, 0.15) is 17.2 Å². The van der Waals surface area contributed by atoms with E-state index in [4.69, 9.17) is 9.47 Å². The smallest absolute Gasteiger partial charge is 0.246 e. The van der Waals surface area contributed by atoms with E-state index in [2.05, 4.69) is 10.6 Å².